The Bertz CT molecular complexity index is 1240. The van der Waals surface area contributed by atoms with E-state index in [0.717, 1.165) is 0 Å². The third-order valence-corrected chi connectivity index (χ3v) is 4.41. The molecule has 0 fully saturated rings. The van der Waals surface area contributed by atoms with E-state index >= 15 is 0 Å². The van der Waals surface area contributed by atoms with Crippen molar-refractivity contribution >= 4 is 10.9 Å². The Morgan fingerprint density at radius 1 is 1.25 bits per heavy atom. The molecule has 3 aromatic rings. The molecule has 124 valence electrons. The van der Waals surface area contributed by atoms with Crippen molar-refractivity contribution in [1.29, 1.82) is 0 Å². The predicted molar refractivity (Wildman–Crippen MR) is 99.4 cm³/mol. The summed E-state index contributed by atoms with van der Waals surface area (Å²) in [4.78, 5) is 5.30. The van der Waals surface area contributed by atoms with Gasteiger partial charge in [-0.25, -0.2) is 0 Å². The average Bonchev–Trinajstić information content (AvgIpc) is 3.06. The van der Waals surface area contributed by atoms with Crippen LogP contribution in [-0.4, -0.2) is 28.0 Å². The van der Waals surface area contributed by atoms with Crippen molar-refractivity contribution in [1.82, 2.24) is 14.5 Å². The van der Waals surface area contributed by atoms with Crippen LogP contribution in [0.3, 0.4) is 0 Å². The second-order valence-electron chi connectivity index (χ2n) is 6.05. The number of hydrogen-bond donors (Lipinski definition) is 0. The maximum Gasteiger partial charge on any atom is 0.0501 e. The Labute approximate surface area is 159 Å². The van der Waals surface area contributed by atoms with E-state index in [1.165, 1.54) is 39.9 Å². The Balaban J connectivity index is 1.82. The summed E-state index contributed by atoms with van der Waals surface area (Å²) in [6.45, 7) is -8.78. The number of nitrogens with zero attached hydrogens (tertiary/aromatic N) is 3. The first-order chi connectivity index (χ1) is 16.0. The SMILES string of the molecule is [2H]C([2H])([2H])c1ccc2c(c1)c1c(n2C([2H])([2H])Cc2ccc(C([2H])([2H])[2H])nc2)CCN(C([2H])([2H])[2H])C1. The molecule has 24 heavy (non-hydrogen) atoms. The molecule has 0 radical (unpaired) electrons. The standard InChI is InChI=1S/C21H25N3/c1-15-4-7-20-18(12-15)19-14-23(3)10-9-21(19)24(20)11-8-17-6-5-16(2)22-13-17/h4-7,12-13H,8-11,14H2,1-3H3/i1D3,2D3,3D3,11D2. The van der Waals surface area contributed by atoms with E-state index in [4.69, 9.17) is 15.1 Å². The molecule has 0 aliphatic carbocycles. The predicted octanol–water partition coefficient (Wildman–Crippen LogP) is 3.88. The van der Waals surface area contributed by atoms with Gasteiger partial charge >= 0.3 is 0 Å². The summed E-state index contributed by atoms with van der Waals surface area (Å²) in [6.07, 6.45) is 1.52. The normalized spacial score (nSPS) is 23.9. The molecule has 0 saturated carbocycles. The van der Waals surface area contributed by atoms with Gasteiger partial charge in [0.1, 0.15) is 0 Å². The van der Waals surface area contributed by atoms with Gasteiger partial charge in [-0.3, -0.25) is 4.98 Å². The lowest BCUT2D eigenvalue weighted by molar-refractivity contribution is 0.309. The zero-order valence-electron chi connectivity index (χ0n) is 24.1. The summed E-state index contributed by atoms with van der Waals surface area (Å²) < 4.78 is 88.5. The Morgan fingerprint density at radius 3 is 3.04 bits per heavy atom. The van der Waals surface area contributed by atoms with Crippen molar-refractivity contribution in [3.8, 4) is 0 Å². The van der Waals surface area contributed by atoms with E-state index in [1.54, 1.807) is 6.07 Å². The van der Waals surface area contributed by atoms with Gasteiger partial charge in [0.2, 0.25) is 0 Å². The van der Waals surface area contributed by atoms with Crippen molar-refractivity contribution in [2.75, 3.05) is 13.5 Å². The van der Waals surface area contributed by atoms with Crippen molar-refractivity contribution in [3.63, 3.8) is 0 Å². The minimum absolute atomic E-state index is 0.0463. The van der Waals surface area contributed by atoms with Crippen LogP contribution in [0, 0.1) is 13.7 Å². The molecule has 0 bridgehead atoms. The van der Waals surface area contributed by atoms with Crippen molar-refractivity contribution in [2.45, 2.75) is 39.6 Å². The summed E-state index contributed by atoms with van der Waals surface area (Å²) in [6, 6.07) is 7.42. The number of rotatable bonds is 3. The highest BCUT2D eigenvalue weighted by atomic mass is 15.1. The fourth-order valence-electron chi connectivity index (χ4n) is 3.24. The monoisotopic (exact) mass is 330 g/mol. The van der Waals surface area contributed by atoms with Crippen molar-refractivity contribution < 1.29 is 15.1 Å². The van der Waals surface area contributed by atoms with E-state index in [0.29, 0.717) is 27.7 Å². The molecule has 0 atom stereocenters. The smallest absolute Gasteiger partial charge is 0.0501 e. The quantitative estimate of drug-likeness (QED) is 0.726. The molecule has 1 aliphatic rings. The number of aryl methyl sites for hydroxylation is 4. The summed E-state index contributed by atoms with van der Waals surface area (Å²) in [7, 11) is 0. The second-order valence-corrected chi connectivity index (χ2v) is 6.05. The highest BCUT2D eigenvalue weighted by Crippen LogP contribution is 2.31. The number of fused-ring (bicyclic) bond motifs is 3. The lowest BCUT2D eigenvalue weighted by Gasteiger charge is -2.24. The Hall–Kier alpha value is -2.13. The van der Waals surface area contributed by atoms with Gasteiger partial charge in [-0.1, -0.05) is 17.7 Å². The second kappa shape index (κ2) is 6.06. The van der Waals surface area contributed by atoms with Gasteiger partial charge in [-0.15, -0.1) is 0 Å². The van der Waals surface area contributed by atoms with E-state index in [-0.39, 0.29) is 37.2 Å². The van der Waals surface area contributed by atoms with E-state index in [9.17, 15) is 0 Å². The van der Waals surface area contributed by atoms with Gasteiger partial charge in [0, 0.05) is 66.8 Å². The highest BCUT2D eigenvalue weighted by molar-refractivity contribution is 5.86. The minimum Gasteiger partial charge on any atom is -0.344 e. The topological polar surface area (TPSA) is 21.1 Å². The molecule has 0 saturated heterocycles. The third-order valence-electron chi connectivity index (χ3n) is 4.41. The average molecular weight is 331 g/mol. The Morgan fingerprint density at radius 2 is 2.25 bits per heavy atom. The summed E-state index contributed by atoms with van der Waals surface area (Å²) in [5, 5.41) is 0.516. The summed E-state index contributed by atoms with van der Waals surface area (Å²) in [5.74, 6) is 0. The maximum atomic E-state index is 8.92. The highest BCUT2D eigenvalue weighted by Gasteiger charge is 2.22. The molecule has 3 heterocycles. The van der Waals surface area contributed by atoms with Crippen LogP contribution in [0.2, 0.25) is 0 Å². The fraction of sp³-hybridized carbons (Fsp3) is 0.381. The van der Waals surface area contributed by atoms with Crippen LogP contribution >= 0.6 is 0 Å². The van der Waals surface area contributed by atoms with Crippen LogP contribution in [-0.2, 0) is 25.9 Å². The number of benzene rings is 1. The van der Waals surface area contributed by atoms with Crippen LogP contribution < -0.4 is 0 Å². The first kappa shape index (κ1) is 7.40. The first-order valence-corrected chi connectivity index (χ1v) is 7.86. The molecule has 3 nitrogen and oxygen atoms in total. The molecular formula is C21H25N3. The summed E-state index contributed by atoms with van der Waals surface area (Å²) in [5.41, 5.74) is 2.23. The van der Waals surface area contributed by atoms with Crippen LogP contribution in [0.25, 0.3) is 10.9 Å². The van der Waals surface area contributed by atoms with Gasteiger partial charge in [-0.05, 0) is 56.4 Å². The lowest BCUT2D eigenvalue weighted by Crippen LogP contribution is -2.27. The molecule has 1 aromatic carbocycles. The van der Waals surface area contributed by atoms with Gasteiger partial charge < -0.3 is 9.47 Å². The van der Waals surface area contributed by atoms with Gasteiger partial charge in [0.25, 0.3) is 0 Å². The van der Waals surface area contributed by atoms with E-state index in [1.807, 2.05) is 0 Å². The Kier molecular flexibility index (Phi) is 1.87. The van der Waals surface area contributed by atoms with Crippen LogP contribution in [0.1, 0.15) is 43.2 Å². The lowest BCUT2D eigenvalue weighted by atomic mass is 10.0. The summed E-state index contributed by atoms with van der Waals surface area (Å²) >= 11 is 0. The molecule has 1 aliphatic heterocycles. The zero-order chi connectivity index (χ0) is 26.0. The number of pyridine rings is 1. The third kappa shape index (κ3) is 2.73. The number of hydrogen-bond acceptors (Lipinski definition) is 2. The molecule has 0 N–H and O–H groups in total. The number of likely N-dealkylation sites (N-methyl/N-ethyl adjacent to an activating group) is 1. The zero-order valence-corrected chi connectivity index (χ0v) is 13.1. The minimum atomic E-state index is -2.36. The largest absolute Gasteiger partial charge is 0.344 e. The van der Waals surface area contributed by atoms with Gasteiger partial charge in [0.05, 0.1) is 2.74 Å². The molecule has 0 unspecified atom stereocenters. The van der Waals surface area contributed by atoms with Crippen LogP contribution in [0.4, 0.5) is 0 Å². The maximum absolute atomic E-state index is 8.92. The van der Waals surface area contributed by atoms with Crippen LogP contribution in [0.5, 0.6) is 0 Å². The molecule has 0 spiro atoms. The molecule has 4 rings (SSSR count). The van der Waals surface area contributed by atoms with E-state index in [2.05, 4.69) is 4.98 Å². The molecule has 3 heteroatoms. The molecular weight excluding hydrogens is 294 g/mol. The number of aromatic nitrogens is 2. The first-order valence-electron chi connectivity index (χ1n) is 13.4. The molecule has 0 amide bonds. The fourth-order valence-corrected chi connectivity index (χ4v) is 3.24. The molecule has 2 aromatic heterocycles. The van der Waals surface area contributed by atoms with Gasteiger partial charge in [-0.2, -0.15) is 0 Å². The van der Waals surface area contributed by atoms with Crippen LogP contribution in [0.15, 0.2) is 36.5 Å². The van der Waals surface area contributed by atoms with E-state index < -0.39 is 27.2 Å². The van der Waals surface area contributed by atoms with Crippen molar-refractivity contribution in [3.05, 3.63) is 64.6 Å². The van der Waals surface area contributed by atoms with Crippen molar-refractivity contribution in [2.24, 2.45) is 0 Å². The van der Waals surface area contributed by atoms with Gasteiger partial charge in [0.15, 0.2) is 0 Å².